The number of hydrogen-bond acceptors (Lipinski definition) is 6. The summed E-state index contributed by atoms with van der Waals surface area (Å²) in [5, 5.41) is 11.7. The third kappa shape index (κ3) is 5.37. The van der Waals surface area contributed by atoms with Crippen LogP contribution >= 0.6 is 31.9 Å². The van der Waals surface area contributed by atoms with Crippen LogP contribution in [0.2, 0.25) is 0 Å². The number of ether oxygens (including phenoxy) is 1. The fraction of sp³-hybridized carbons (Fsp3) is 0.385. The van der Waals surface area contributed by atoms with E-state index in [1.165, 1.54) is 0 Å². The number of carbonyl (C=O) groups is 4. The Hall–Kier alpha value is -3.12. The van der Waals surface area contributed by atoms with Crippen molar-refractivity contribution in [3.05, 3.63) is 50.4 Å². The number of carboxylic acids is 1. The fourth-order valence-corrected chi connectivity index (χ4v) is 6.31. The molecule has 3 amide bonds. The average Bonchev–Trinajstić information content (AvgIpc) is 3.70. The molecule has 0 aromatic heterocycles. The minimum atomic E-state index is -1.06. The molecule has 10 nitrogen and oxygen atoms in total. The third-order valence-corrected chi connectivity index (χ3v) is 8.62. The topological polar surface area (TPSA) is 142 Å². The number of anilines is 2. The molecule has 1 saturated heterocycles. The number of nitrogens with zero attached hydrogens (tertiary/aromatic N) is 2. The number of carboxylic acid groups (broad SMARTS) is 1. The van der Waals surface area contributed by atoms with Crippen LogP contribution in [0, 0.1) is 11.8 Å². The van der Waals surface area contributed by atoms with Crippen molar-refractivity contribution in [3.8, 4) is 5.75 Å². The second kappa shape index (κ2) is 10.6. The monoisotopic (exact) mass is 648 g/mol. The molecule has 200 valence electrons. The molecule has 1 saturated carbocycles. The lowest BCUT2D eigenvalue weighted by Crippen LogP contribution is -2.51. The molecule has 2 atom stereocenters. The number of amides is 3. The quantitative estimate of drug-likeness (QED) is 0.303. The van der Waals surface area contributed by atoms with E-state index >= 15 is 0 Å². The summed E-state index contributed by atoms with van der Waals surface area (Å²) in [6, 6.07) is 8.22. The van der Waals surface area contributed by atoms with Crippen molar-refractivity contribution in [1.82, 2.24) is 9.80 Å². The zero-order valence-electron chi connectivity index (χ0n) is 20.3. The summed E-state index contributed by atoms with van der Waals surface area (Å²) in [6.07, 6.45) is 1.80. The molecule has 2 fully saturated rings. The first-order chi connectivity index (χ1) is 18.1. The third-order valence-electron chi connectivity index (χ3n) is 7.31. The lowest BCUT2D eigenvalue weighted by Gasteiger charge is -2.40. The molecule has 2 heterocycles. The number of halogens is 2. The minimum Gasteiger partial charge on any atom is -0.482 e. The summed E-state index contributed by atoms with van der Waals surface area (Å²) in [6.45, 7) is 0.955. The first kappa shape index (κ1) is 26.5. The highest BCUT2D eigenvalue weighted by Crippen LogP contribution is 2.44. The van der Waals surface area contributed by atoms with Crippen molar-refractivity contribution in [1.29, 1.82) is 0 Å². The van der Waals surface area contributed by atoms with Crippen molar-refractivity contribution in [2.45, 2.75) is 31.8 Å². The number of piperidine rings is 1. The van der Waals surface area contributed by atoms with Crippen LogP contribution in [0.1, 0.15) is 35.2 Å². The van der Waals surface area contributed by atoms with Gasteiger partial charge in [0.15, 0.2) is 12.4 Å². The maximum absolute atomic E-state index is 13.1. The predicted molar refractivity (Wildman–Crippen MR) is 146 cm³/mol. The number of Topliss-reactive ketones (excluding diaryl/α,β-unsaturated/α-hetero) is 1. The average molecular weight is 650 g/mol. The van der Waals surface area contributed by atoms with Gasteiger partial charge in [0, 0.05) is 57.7 Å². The summed E-state index contributed by atoms with van der Waals surface area (Å²) in [5.74, 6) is -1.35. The van der Waals surface area contributed by atoms with Crippen LogP contribution in [0.5, 0.6) is 5.75 Å². The number of nitrogen functional groups attached to an aromatic ring is 1. The molecule has 38 heavy (non-hydrogen) atoms. The van der Waals surface area contributed by atoms with Gasteiger partial charge in [-0.25, -0.2) is 9.59 Å². The predicted octanol–water partition coefficient (Wildman–Crippen LogP) is 4.11. The van der Waals surface area contributed by atoms with Gasteiger partial charge in [0.1, 0.15) is 5.75 Å². The van der Waals surface area contributed by atoms with Gasteiger partial charge in [0.2, 0.25) is 5.91 Å². The van der Waals surface area contributed by atoms with Crippen LogP contribution in [-0.2, 0) is 16.1 Å². The molecule has 1 aliphatic carbocycles. The second-order valence-electron chi connectivity index (χ2n) is 9.78. The van der Waals surface area contributed by atoms with Gasteiger partial charge in [-0.15, -0.1) is 0 Å². The van der Waals surface area contributed by atoms with Gasteiger partial charge < -0.3 is 30.7 Å². The lowest BCUT2D eigenvalue weighted by molar-refractivity contribution is -0.139. The molecule has 0 spiro atoms. The standard InChI is InChI=1S/C26H26Br2N4O6/c27-19-8-13(9-20(28)23(19)29)24(35)17-10-18(17)25(36)31-5-3-15(4-6-31)32-11-14-7-16(38-12-22(33)34)1-2-21(14)30-26(32)37/h1-2,7-9,15,17-18H,3-6,10-12,29H2,(H,30,37)(H,33,34). The van der Waals surface area contributed by atoms with Crippen LogP contribution < -0.4 is 15.8 Å². The molecule has 2 aliphatic heterocycles. The molecule has 5 rings (SSSR count). The Morgan fingerprint density at radius 3 is 2.42 bits per heavy atom. The highest BCUT2D eigenvalue weighted by Gasteiger charge is 2.50. The first-order valence-electron chi connectivity index (χ1n) is 12.2. The number of urea groups is 1. The summed E-state index contributed by atoms with van der Waals surface area (Å²) in [7, 11) is 0. The van der Waals surface area contributed by atoms with Gasteiger partial charge in [0.25, 0.3) is 0 Å². The maximum Gasteiger partial charge on any atom is 0.341 e. The van der Waals surface area contributed by atoms with Gasteiger partial charge in [-0.3, -0.25) is 9.59 Å². The largest absolute Gasteiger partial charge is 0.482 e. The van der Waals surface area contributed by atoms with E-state index in [1.54, 1.807) is 40.1 Å². The van der Waals surface area contributed by atoms with Gasteiger partial charge in [0.05, 0.1) is 5.69 Å². The van der Waals surface area contributed by atoms with E-state index in [-0.39, 0.29) is 35.6 Å². The molecule has 0 bridgehead atoms. The molecule has 3 aliphatic rings. The number of nitrogens with one attached hydrogen (secondary N) is 1. The fourth-order valence-electron chi connectivity index (χ4n) is 5.13. The van der Waals surface area contributed by atoms with Crippen LogP contribution in [0.4, 0.5) is 16.2 Å². The van der Waals surface area contributed by atoms with E-state index in [4.69, 9.17) is 15.6 Å². The number of rotatable bonds is 7. The molecule has 12 heteroatoms. The van der Waals surface area contributed by atoms with Crippen molar-refractivity contribution in [2.75, 3.05) is 30.7 Å². The van der Waals surface area contributed by atoms with Crippen LogP contribution in [-0.4, -0.2) is 64.3 Å². The number of likely N-dealkylation sites (tertiary alicyclic amines) is 1. The first-order valence-corrected chi connectivity index (χ1v) is 13.8. The molecular formula is C26H26Br2N4O6. The molecule has 2 aromatic rings. The zero-order valence-corrected chi connectivity index (χ0v) is 23.5. The highest BCUT2D eigenvalue weighted by molar-refractivity contribution is 9.11. The van der Waals surface area contributed by atoms with E-state index in [9.17, 15) is 19.2 Å². The number of hydrogen-bond donors (Lipinski definition) is 3. The number of fused-ring (bicyclic) bond motifs is 1. The van der Waals surface area contributed by atoms with Crippen molar-refractivity contribution in [2.24, 2.45) is 11.8 Å². The Morgan fingerprint density at radius 2 is 1.76 bits per heavy atom. The van der Waals surface area contributed by atoms with Crippen LogP contribution in [0.3, 0.4) is 0 Å². The van der Waals surface area contributed by atoms with E-state index < -0.39 is 12.6 Å². The van der Waals surface area contributed by atoms with Gasteiger partial charge in [-0.1, -0.05) is 0 Å². The Bertz CT molecular complexity index is 1300. The number of ketones is 1. The Kier molecular flexibility index (Phi) is 7.36. The molecular weight excluding hydrogens is 624 g/mol. The second-order valence-corrected chi connectivity index (χ2v) is 11.5. The van der Waals surface area contributed by atoms with Crippen molar-refractivity contribution < 1.29 is 29.0 Å². The number of aliphatic carboxylic acids is 1. The van der Waals surface area contributed by atoms with Crippen molar-refractivity contribution >= 4 is 66.9 Å². The smallest absolute Gasteiger partial charge is 0.341 e. The van der Waals surface area contributed by atoms with Gasteiger partial charge in [-0.2, -0.15) is 0 Å². The van der Waals surface area contributed by atoms with Gasteiger partial charge >= 0.3 is 12.0 Å². The lowest BCUT2D eigenvalue weighted by atomic mass is 10.00. The summed E-state index contributed by atoms with van der Waals surface area (Å²) >= 11 is 6.73. The van der Waals surface area contributed by atoms with E-state index in [0.717, 1.165) is 5.56 Å². The van der Waals surface area contributed by atoms with Crippen LogP contribution in [0.25, 0.3) is 0 Å². The minimum absolute atomic E-state index is 0.0101. The summed E-state index contributed by atoms with van der Waals surface area (Å²) in [4.78, 5) is 53.2. The highest BCUT2D eigenvalue weighted by atomic mass is 79.9. The number of nitrogens with two attached hydrogens (primary N) is 1. The molecule has 2 aromatic carbocycles. The van der Waals surface area contributed by atoms with Gasteiger partial charge in [-0.05, 0) is 87.0 Å². The number of benzene rings is 2. The maximum atomic E-state index is 13.1. The van der Waals surface area contributed by atoms with E-state index in [0.29, 0.717) is 70.5 Å². The van der Waals surface area contributed by atoms with E-state index in [1.807, 2.05) is 0 Å². The van der Waals surface area contributed by atoms with Crippen molar-refractivity contribution in [3.63, 3.8) is 0 Å². The molecule has 2 unspecified atom stereocenters. The molecule has 4 N–H and O–H groups in total. The Morgan fingerprint density at radius 1 is 1.08 bits per heavy atom. The SMILES string of the molecule is Nc1c(Br)cc(C(=O)C2CC2C(=O)N2CCC(N3Cc4cc(OCC(=O)O)ccc4NC3=O)CC2)cc1Br. The normalized spacial score (nSPS) is 20.9. The Balaban J connectivity index is 1.16. The molecule has 0 radical (unpaired) electrons. The summed E-state index contributed by atoms with van der Waals surface area (Å²) < 4.78 is 6.54. The van der Waals surface area contributed by atoms with Crippen LogP contribution in [0.15, 0.2) is 39.3 Å². The zero-order chi connectivity index (χ0) is 27.1. The van der Waals surface area contributed by atoms with E-state index in [2.05, 4.69) is 37.2 Å². The Labute approximate surface area is 235 Å². The summed E-state index contributed by atoms with van der Waals surface area (Å²) in [5.41, 5.74) is 8.47. The number of carbonyl (C=O) groups excluding carboxylic acids is 3.